The van der Waals surface area contributed by atoms with Crippen molar-refractivity contribution in [3.8, 4) is 0 Å². The van der Waals surface area contributed by atoms with Gasteiger partial charge in [0, 0.05) is 43.0 Å². The molecule has 0 radical (unpaired) electrons. The Bertz CT molecular complexity index is 405. The molecule has 0 spiro atoms. The maximum atomic E-state index is 5.29. The minimum absolute atomic E-state index is 0.792. The van der Waals surface area contributed by atoms with Crippen molar-refractivity contribution < 1.29 is 4.90 Å². The largest absolute Gasteiger partial charge is 0.363 e. The van der Waals surface area contributed by atoms with Crippen LogP contribution in [0, 0.1) is 0 Å². The van der Waals surface area contributed by atoms with Gasteiger partial charge in [0.1, 0.15) is 0 Å². The van der Waals surface area contributed by atoms with Crippen molar-refractivity contribution in [2.24, 2.45) is 0 Å². The van der Waals surface area contributed by atoms with E-state index in [9.17, 15) is 0 Å². The van der Waals surface area contributed by atoms with Gasteiger partial charge >= 0.3 is 0 Å². The molecule has 3 nitrogen and oxygen atoms in total. The van der Waals surface area contributed by atoms with Gasteiger partial charge in [-0.1, -0.05) is 18.2 Å². The van der Waals surface area contributed by atoms with E-state index in [-0.39, 0.29) is 0 Å². The fourth-order valence-corrected chi connectivity index (χ4v) is 3.57. The molecule has 1 aromatic carbocycles. The van der Waals surface area contributed by atoms with Crippen LogP contribution in [0.25, 0.3) is 0 Å². The SMILES string of the molecule is S=C(NCCC[NH+]1CCCC1)NCCSc1ccccc1. The van der Waals surface area contributed by atoms with Crippen LogP contribution in [-0.2, 0) is 0 Å². The lowest BCUT2D eigenvalue weighted by atomic mass is 10.4. The summed E-state index contributed by atoms with van der Waals surface area (Å²) < 4.78 is 0. The van der Waals surface area contributed by atoms with Crippen molar-refractivity contribution in [3.05, 3.63) is 30.3 Å². The number of rotatable bonds is 8. The first-order chi connectivity index (χ1) is 10.3. The van der Waals surface area contributed by atoms with E-state index in [0.717, 1.165) is 24.0 Å². The third kappa shape index (κ3) is 7.16. The monoisotopic (exact) mass is 324 g/mol. The van der Waals surface area contributed by atoms with E-state index in [1.807, 2.05) is 17.8 Å². The van der Waals surface area contributed by atoms with E-state index in [1.54, 1.807) is 4.90 Å². The summed E-state index contributed by atoms with van der Waals surface area (Å²) >= 11 is 7.15. The number of hydrogen-bond acceptors (Lipinski definition) is 2. The predicted molar refractivity (Wildman–Crippen MR) is 95.2 cm³/mol. The number of thiocarbonyl (C=S) groups is 1. The number of nitrogens with one attached hydrogen (secondary N) is 3. The number of quaternary nitrogens is 1. The second kappa shape index (κ2) is 10.0. The third-order valence-electron chi connectivity index (χ3n) is 3.70. The van der Waals surface area contributed by atoms with Gasteiger partial charge < -0.3 is 15.5 Å². The van der Waals surface area contributed by atoms with E-state index in [0.29, 0.717) is 0 Å². The molecule has 0 amide bonds. The van der Waals surface area contributed by atoms with Gasteiger partial charge in [0.2, 0.25) is 0 Å². The molecule has 1 aromatic rings. The zero-order chi connectivity index (χ0) is 14.8. The van der Waals surface area contributed by atoms with Gasteiger partial charge in [0.05, 0.1) is 19.6 Å². The number of thioether (sulfide) groups is 1. The van der Waals surface area contributed by atoms with Crippen molar-refractivity contribution >= 4 is 29.1 Å². The van der Waals surface area contributed by atoms with Crippen molar-refractivity contribution in [1.82, 2.24) is 10.6 Å². The molecule has 1 aliphatic heterocycles. The molecule has 3 N–H and O–H groups in total. The van der Waals surface area contributed by atoms with Crippen LogP contribution in [0.5, 0.6) is 0 Å². The highest BCUT2D eigenvalue weighted by molar-refractivity contribution is 7.99. The molecule has 5 heteroatoms. The van der Waals surface area contributed by atoms with E-state index in [2.05, 4.69) is 34.9 Å². The van der Waals surface area contributed by atoms with E-state index in [4.69, 9.17) is 12.2 Å². The Morgan fingerprint density at radius 2 is 1.81 bits per heavy atom. The molecule has 0 saturated carbocycles. The second-order valence-electron chi connectivity index (χ2n) is 5.40. The zero-order valence-electron chi connectivity index (χ0n) is 12.6. The number of hydrogen-bond donors (Lipinski definition) is 3. The van der Waals surface area contributed by atoms with Crippen LogP contribution in [-0.4, -0.2) is 43.6 Å². The summed E-state index contributed by atoms with van der Waals surface area (Å²) in [6, 6.07) is 10.5. The first-order valence-corrected chi connectivity index (χ1v) is 9.27. The Hall–Kier alpha value is -0.780. The molecule has 21 heavy (non-hydrogen) atoms. The van der Waals surface area contributed by atoms with Crippen molar-refractivity contribution in [1.29, 1.82) is 0 Å². The molecule has 0 atom stereocenters. The Balaban J connectivity index is 1.44. The average molecular weight is 325 g/mol. The summed E-state index contributed by atoms with van der Waals surface area (Å²) in [5.74, 6) is 1.03. The normalized spacial score (nSPS) is 15.0. The van der Waals surface area contributed by atoms with Gasteiger partial charge in [-0.2, -0.15) is 0 Å². The summed E-state index contributed by atoms with van der Waals surface area (Å²) in [7, 11) is 0. The number of likely N-dealkylation sites (tertiary alicyclic amines) is 1. The van der Waals surface area contributed by atoms with Gasteiger partial charge in [0.15, 0.2) is 5.11 Å². The lowest BCUT2D eigenvalue weighted by molar-refractivity contribution is -0.887. The molecule has 1 aliphatic rings. The zero-order valence-corrected chi connectivity index (χ0v) is 14.2. The minimum atomic E-state index is 0.792. The van der Waals surface area contributed by atoms with Crippen molar-refractivity contribution in [3.63, 3.8) is 0 Å². The van der Waals surface area contributed by atoms with Crippen molar-refractivity contribution in [2.45, 2.75) is 24.2 Å². The fraction of sp³-hybridized carbons (Fsp3) is 0.562. The van der Waals surface area contributed by atoms with Gasteiger partial charge in [-0.05, 0) is 24.4 Å². The lowest BCUT2D eigenvalue weighted by Crippen LogP contribution is -3.10. The van der Waals surface area contributed by atoms with Crippen LogP contribution < -0.4 is 15.5 Å². The molecular formula is C16H26N3S2+. The lowest BCUT2D eigenvalue weighted by Gasteiger charge is -2.13. The highest BCUT2D eigenvalue weighted by atomic mass is 32.2. The highest BCUT2D eigenvalue weighted by Crippen LogP contribution is 2.15. The Labute approximate surface area is 137 Å². The van der Waals surface area contributed by atoms with Crippen LogP contribution in [0.15, 0.2) is 35.2 Å². The van der Waals surface area contributed by atoms with Crippen LogP contribution >= 0.6 is 24.0 Å². The molecule has 1 fully saturated rings. The van der Waals surface area contributed by atoms with Crippen LogP contribution in [0.3, 0.4) is 0 Å². The molecule has 1 heterocycles. The maximum absolute atomic E-state index is 5.29. The summed E-state index contributed by atoms with van der Waals surface area (Å²) in [6.45, 7) is 5.89. The molecule has 1 saturated heterocycles. The Morgan fingerprint density at radius 1 is 1.10 bits per heavy atom. The highest BCUT2D eigenvalue weighted by Gasteiger charge is 2.13. The van der Waals surface area contributed by atoms with Crippen LogP contribution in [0.2, 0.25) is 0 Å². The predicted octanol–water partition coefficient (Wildman–Crippen LogP) is 1.31. The molecule has 0 aromatic heterocycles. The molecule has 0 aliphatic carbocycles. The Kier molecular flexibility index (Phi) is 7.92. The Morgan fingerprint density at radius 3 is 2.57 bits per heavy atom. The topological polar surface area (TPSA) is 28.5 Å². The summed E-state index contributed by atoms with van der Waals surface area (Å²) in [5.41, 5.74) is 0. The summed E-state index contributed by atoms with van der Waals surface area (Å²) in [4.78, 5) is 3.07. The second-order valence-corrected chi connectivity index (χ2v) is 6.98. The molecule has 116 valence electrons. The van der Waals surface area contributed by atoms with Gasteiger partial charge in [0.25, 0.3) is 0 Å². The summed E-state index contributed by atoms with van der Waals surface area (Å²) in [5, 5.41) is 7.37. The standard InChI is InChI=1S/C16H25N3S2/c20-16(17-9-6-13-19-11-4-5-12-19)18-10-14-21-15-7-2-1-3-8-15/h1-3,7-8H,4-6,9-14H2,(H2,17,18,20)/p+1. The van der Waals surface area contributed by atoms with Crippen molar-refractivity contribution in [2.75, 3.05) is 38.5 Å². The third-order valence-corrected chi connectivity index (χ3v) is 5.01. The maximum Gasteiger partial charge on any atom is 0.166 e. The quantitative estimate of drug-likeness (QED) is 0.382. The van der Waals surface area contributed by atoms with E-state index < -0.39 is 0 Å². The van der Waals surface area contributed by atoms with Gasteiger partial charge in [-0.15, -0.1) is 11.8 Å². The van der Waals surface area contributed by atoms with Crippen LogP contribution in [0.4, 0.5) is 0 Å². The molecule has 2 rings (SSSR count). The summed E-state index contributed by atoms with van der Waals surface area (Å²) in [6.07, 6.45) is 4.01. The smallest absolute Gasteiger partial charge is 0.166 e. The van der Waals surface area contributed by atoms with Gasteiger partial charge in [-0.3, -0.25) is 0 Å². The van der Waals surface area contributed by atoms with Crippen LogP contribution in [0.1, 0.15) is 19.3 Å². The molecular weight excluding hydrogens is 298 g/mol. The first kappa shape index (κ1) is 16.6. The first-order valence-electron chi connectivity index (χ1n) is 7.88. The molecule has 0 unspecified atom stereocenters. The molecule has 0 bridgehead atoms. The fourth-order valence-electron chi connectivity index (χ4n) is 2.58. The number of benzene rings is 1. The average Bonchev–Trinajstić information content (AvgIpc) is 3.02. The van der Waals surface area contributed by atoms with E-state index in [1.165, 1.54) is 43.8 Å². The van der Waals surface area contributed by atoms with Gasteiger partial charge in [-0.25, -0.2) is 0 Å². The van der Waals surface area contributed by atoms with E-state index >= 15 is 0 Å². The minimum Gasteiger partial charge on any atom is -0.363 e.